The van der Waals surface area contributed by atoms with Crippen molar-refractivity contribution in [1.29, 1.82) is 0 Å². The van der Waals surface area contributed by atoms with Gasteiger partial charge in [-0.2, -0.15) is 23.0 Å². The molecular weight excluding hydrogens is 128 g/mol. The Bertz CT molecular complexity index is 41.3. The van der Waals surface area contributed by atoms with E-state index >= 15 is 0 Å². The van der Waals surface area contributed by atoms with Crippen molar-refractivity contribution in [3.8, 4) is 0 Å². The molecule has 36 valence electrons. The summed E-state index contributed by atoms with van der Waals surface area (Å²) in [6.45, 7) is 0. The van der Waals surface area contributed by atoms with Crippen LogP contribution in [0.5, 0.6) is 0 Å². The topological polar surface area (TPSA) is 0 Å². The van der Waals surface area contributed by atoms with Crippen molar-refractivity contribution in [3.63, 3.8) is 0 Å². The predicted molar refractivity (Wildman–Crippen MR) is 38.6 cm³/mol. The summed E-state index contributed by atoms with van der Waals surface area (Å²) in [5, 5.41) is 1.06. The van der Waals surface area contributed by atoms with Gasteiger partial charge in [0.1, 0.15) is 0 Å². The van der Waals surface area contributed by atoms with Crippen molar-refractivity contribution < 1.29 is 0 Å². The molecule has 1 saturated heterocycles. The molecule has 0 nitrogen and oxygen atoms in total. The van der Waals surface area contributed by atoms with Gasteiger partial charge in [0.15, 0.2) is 0 Å². The molecule has 1 aliphatic rings. The summed E-state index contributed by atoms with van der Waals surface area (Å²) in [7, 11) is 1.34. The molecule has 3 heteroatoms. The summed E-state index contributed by atoms with van der Waals surface area (Å²) >= 11 is 4.20. The fourth-order valence-electron chi connectivity index (χ4n) is 0.350. The largest absolute Gasteiger partial charge is 0.193 e. The zero-order chi connectivity index (χ0) is 4.41. The maximum Gasteiger partial charge on any atom is 0.0698 e. The molecule has 0 spiro atoms. The summed E-state index contributed by atoms with van der Waals surface area (Å²) in [6.07, 6.45) is 0. The first kappa shape index (κ1) is 5.06. The molecule has 1 fully saturated rings. The van der Waals surface area contributed by atoms with Crippen LogP contribution in [0.25, 0.3) is 0 Å². The zero-order valence-electron chi connectivity index (χ0n) is 3.81. The summed E-state index contributed by atoms with van der Waals surface area (Å²) < 4.78 is 0. The van der Waals surface area contributed by atoms with Gasteiger partial charge in [-0.1, -0.05) is 0 Å². The van der Waals surface area contributed by atoms with Gasteiger partial charge in [-0.3, -0.25) is 0 Å². The van der Waals surface area contributed by atoms with E-state index in [2.05, 4.69) is 23.0 Å². The Labute approximate surface area is 49.5 Å². The van der Waals surface area contributed by atoms with Crippen molar-refractivity contribution >= 4 is 32.4 Å². The van der Waals surface area contributed by atoms with Crippen LogP contribution < -0.4 is 0 Å². The van der Waals surface area contributed by atoms with E-state index in [1.165, 1.54) is 20.9 Å². The third kappa shape index (κ3) is 0.949. The molecule has 0 aromatic heterocycles. The van der Waals surface area contributed by atoms with Crippen LogP contribution >= 0.6 is 23.0 Å². The molecule has 1 aliphatic heterocycles. The molecule has 0 unspecified atom stereocenters. The van der Waals surface area contributed by atoms with Gasteiger partial charge in [-0.15, -0.1) is 0 Å². The third-order valence-electron chi connectivity index (χ3n) is 0.941. The summed E-state index contributed by atoms with van der Waals surface area (Å²) in [6, 6.07) is 0. The van der Waals surface area contributed by atoms with Gasteiger partial charge in [0.25, 0.3) is 0 Å². The molecule has 0 saturated carbocycles. The molecule has 1 heterocycles. The number of rotatable bonds is 1. The fourth-order valence-corrected chi connectivity index (χ4v) is 4.89. The van der Waals surface area contributed by atoms with Crippen LogP contribution in [0.15, 0.2) is 0 Å². The molecule has 0 atom stereocenters. The van der Waals surface area contributed by atoms with Crippen LogP contribution in [0, 0.1) is 0 Å². The van der Waals surface area contributed by atoms with Gasteiger partial charge in [0.2, 0.25) is 0 Å². The molecule has 1 rings (SSSR count). The quantitative estimate of drug-likeness (QED) is 0.470. The summed E-state index contributed by atoms with van der Waals surface area (Å²) in [4.78, 5) is 0. The van der Waals surface area contributed by atoms with Gasteiger partial charge in [-0.25, -0.2) is 0 Å². The van der Waals surface area contributed by atoms with E-state index in [0.29, 0.717) is 0 Å². The van der Waals surface area contributed by atoms with E-state index in [1.807, 2.05) is 0 Å². The number of thioether (sulfide) groups is 1. The molecule has 0 aliphatic carbocycles. The molecule has 0 aromatic rings. The van der Waals surface area contributed by atoms with E-state index in [4.69, 9.17) is 0 Å². The second-order valence-electron chi connectivity index (χ2n) is 1.40. The highest BCUT2D eigenvalue weighted by Crippen LogP contribution is 2.26. The van der Waals surface area contributed by atoms with Crippen LogP contribution in [0.4, 0.5) is 0 Å². The SMILES string of the molecule is [SiH3]SC1CSC1. The van der Waals surface area contributed by atoms with E-state index < -0.39 is 0 Å². The Morgan fingerprint density at radius 3 is 2.33 bits per heavy atom. The van der Waals surface area contributed by atoms with Crippen LogP contribution in [0.2, 0.25) is 0 Å². The van der Waals surface area contributed by atoms with E-state index in [0.717, 1.165) is 5.25 Å². The fraction of sp³-hybridized carbons (Fsp3) is 1.00. The van der Waals surface area contributed by atoms with Gasteiger partial charge in [0, 0.05) is 16.8 Å². The Morgan fingerprint density at radius 1 is 1.67 bits per heavy atom. The van der Waals surface area contributed by atoms with Crippen molar-refractivity contribution in [1.82, 2.24) is 0 Å². The molecule has 0 amide bonds. The lowest BCUT2D eigenvalue weighted by atomic mass is 10.5. The number of hydrogen-bond acceptors (Lipinski definition) is 2. The maximum atomic E-state index is 2.13. The van der Waals surface area contributed by atoms with E-state index in [1.54, 1.807) is 0 Å². The van der Waals surface area contributed by atoms with Gasteiger partial charge < -0.3 is 0 Å². The number of hydrogen-bond donors (Lipinski definition) is 0. The first-order valence-electron chi connectivity index (χ1n) is 2.04. The van der Waals surface area contributed by atoms with Crippen LogP contribution in [0.3, 0.4) is 0 Å². The smallest absolute Gasteiger partial charge is 0.0698 e. The highest BCUT2D eigenvalue weighted by atomic mass is 32.4. The van der Waals surface area contributed by atoms with E-state index in [-0.39, 0.29) is 0 Å². The zero-order valence-corrected chi connectivity index (χ0v) is 7.44. The molecule has 0 N–H and O–H groups in total. The average molecular weight is 136 g/mol. The molecule has 6 heavy (non-hydrogen) atoms. The van der Waals surface area contributed by atoms with Crippen molar-refractivity contribution in [2.75, 3.05) is 11.5 Å². The average Bonchev–Trinajstić information content (AvgIpc) is 1.31. The van der Waals surface area contributed by atoms with Gasteiger partial charge in [-0.05, 0) is 0 Å². The van der Waals surface area contributed by atoms with Crippen LogP contribution in [-0.2, 0) is 0 Å². The Morgan fingerprint density at radius 2 is 2.33 bits per heavy atom. The Kier molecular flexibility index (Phi) is 1.93. The molecule has 0 aromatic carbocycles. The lowest BCUT2D eigenvalue weighted by molar-refractivity contribution is 1.09. The van der Waals surface area contributed by atoms with Crippen molar-refractivity contribution in [2.24, 2.45) is 0 Å². The second-order valence-corrected chi connectivity index (χ2v) is 5.02. The third-order valence-corrected chi connectivity index (χ3v) is 5.64. The maximum absolute atomic E-state index is 2.13. The Balaban J connectivity index is 2.01. The van der Waals surface area contributed by atoms with Crippen molar-refractivity contribution in [2.45, 2.75) is 5.25 Å². The minimum Gasteiger partial charge on any atom is -0.193 e. The first-order valence-corrected chi connectivity index (χ1v) is 6.93. The van der Waals surface area contributed by atoms with Gasteiger partial charge >= 0.3 is 0 Å². The summed E-state index contributed by atoms with van der Waals surface area (Å²) in [5.41, 5.74) is 0. The Hall–Kier alpha value is 0.917. The van der Waals surface area contributed by atoms with Crippen LogP contribution in [-0.4, -0.2) is 26.1 Å². The highest BCUT2D eigenvalue weighted by Gasteiger charge is 2.14. The summed E-state index contributed by atoms with van der Waals surface area (Å²) in [5.74, 6) is 2.85. The minimum absolute atomic E-state index is 1.06. The lowest BCUT2D eigenvalue weighted by Crippen LogP contribution is -2.19. The molecule has 0 radical (unpaired) electrons. The second kappa shape index (κ2) is 2.28. The molecule has 0 bridgehead atoms. The minimum atomic E-state index is 1.06. The van der Waals surface area contributed by atoms with Crippen molar-refractivity contribution in [3.05, 3.63) is 0 Å². The predicted octanol–water partition coefficient (Wildman–Crippen LogP) is 0.115. The van der Waals surface area contributed by atoms with E-state index in [9.17, 15) is 0 Å². The standard InChI is InChI=1S/C3H8S2Si/c6-5-3-1-4-2-3/h3H,1-2H2,6H3. The normalized spacial score (nSPS) is 24.0. The van der Waals surface area contributed by atoms with Gasteiger partial charge in [0.05, 0.1) is 9.39 Å². The lowest BCUT2D eigenvalue weighted by Gasteiger charge is -2.21. The van der Waals surface area contributed by atoms with Crippen LogP contribution in [0.1, 0.15) is 0 Å². The highest BCUT2D eigenvalue weighted by molar-refractivity contribution is 8.22. The first-order chi connectivity index (χ1) is 2.93. The monoisotopic (exact) mass is 136 g/mol. The molecular formula is C3H8S2Si.